The molecule has 6 unspecified atom stereocenters. The number of rotatable bonds is 5. The lowest BCUT2D eigenvalue weighted by molar-refractivity contribution is -0.165. The fourth-order valence-corrected chi connectivity index (χ4v) is 12.6. The van der Waals surface area contributed by atoms with Gasteiger partial charge >= 0.3 is 29.2 Å². The monoisotopic (exact) mass is 841 g/mol. The maximum atomic E-state index is 13.0. The van der Waals surface area contributed by atoms with Gasteiger partial charge in [-0.3, -0.25) is 4.85 Å². The molecular weight excluding hydrogens is 787 g/mol. The summed E-state index contributed by atoms with van der Waals surface area (Å²) in [4.78, 5) is 51.7. The van der Waals surface area contributed by atoms with E-state index in [1.165, 1.54) is 0 Å². The van der Waals surface area contributed by atoms with Crippen LogP contribution >= 0.6 is 0 Å². The Hall–Kier alpha value is -5.47. The molecule has 9 rings (SSSR count). The predicted octanol–water partition coefficient (Wildman–Crippen LogP) is 8.06. The van der Waals surface area contributed by atoms with E-state index in [9.17, 15) is 19.6 Å². The maximum absolute atomic E-state index is 13.0. The zero-order valence-electron chi connectivity index (χ0n) is 36.5. The van der Waals surface area contributed by atoms with Gasteiger partial charge < -0.3 is 28.6 Å². The molecule has 0 aromatic carbocycles. The maximum Gasteiger partial charge on any atom is 0.509 e. The van der Waals surface area contributed by atoms with Gasteiger partial charge in [0, 0.05) is 30.4 Å². The van der Waals surface area contributed by atoms with Crippen molar-refractivity contribution in [3.8, 4) is 6.07 Å². The molecule has 2 saturated heterocycles. The van der Waals surface area contributed by atoms with Gasteiger partial charge in [-0.2, -0.15) is 5.26 Å². The van der Waals surface area contributed by atoms with E-state index in [1.807, 2.05) is 39.0 Å². The molecule has 12 atom stereocenters. The molecule has 62 heavy (non-hydrogen) atoms. The summed E-state index contributed by atoms with van der Waals surface area (Å²) >= 11 is 0. The van der Waals surface area contributed by atoms with E-state index in [1.54, 1.807) is 37.9 Å². The molecular formula is C49H55N5O8. The number of nitrogens with zero attached hydrogens (tertiary/aromatic N) is 5. The minimum Gasteiger partial charge on any atom is -0.463 e. The number of esters is 2. The summed E-state index contributed by atoms with van der Waals surface area (Å²) in [6, 6.07) is 1.95. The van der Waals surface area contributed by atoms with Gasteiger partial charge in [0.2, 0.25) is 11.2 Å². The SMILES string of the molecule is [C-]#[N+]C1(C#N)CC23C=CC(C(=O)OCC)(O2)C(=C)[C@H]3[C@H]2CCCC(N(C)C(=O)OC(C)(C)C)C=C21.[C-]#[N+]C1([N+]#[C-])C[C@@]23C=CC(C(=O)OCC)(O2)C(=C)[C@H]3[C@H]2C1=C[C@@H]1CCC2C1. The van der Waals surface area contributed by atoms with Gasteiger partial charge in [-0.1, -0.05) is 43.9 Å². The molecule has 13 nitrogen and oxygen atoms in total. The first-order valence-electron chi connectivity index (χ1n) is 21.8. The first kappa shape index (κ1) is 43.2. The van der Waals surface area contributed by atoms with Crippen molar-refractivity contribution in [1.29, 1.82) is 5.26 Å². The van der Waals surface area contributed by atoms with Gasteiger partial charge in [0.1, 0.15) is 28.8 Å². The van der Waals surface area contributed by atoms with Crippen LogP contribution in [0.5, 0.6) is 0 Å². The topological polar surface area (TPSA) is 137 Å². The molecule has 0 N–H and O–H groups in total. The second kappa shape index (κ2) is 14.5. The third kappa shape index (κ3) is 5.92. The van der Waals surface area contributed by atoms with Crippen molar-refractivity contribution in [3.63, 3.8) is 0 Å². The number of likely N-dealkylation sites (N-methyl/N-ethyl adjacent to an activating group) is 1. The molecule has 5 aliphatic carbocycles. The molecule has 324 valence electrons. The smallest absolute Gasteiger partial charge is 0.463 e. The van der Waals surface area contributed by atoms with Crippen molar-refractivity contribution in [2.24, 2.45) is 35.5 Å². The first-order chi connectivity index (χ1) is 29.3. The van der Waals surface area contributed by atoms with Gasteiger partial charge in [0.15, 0.2) is 6.07 Å². The Morgan fingerprint density at radius 1 is 0.855 bits per heavy atom. The third-order valence-electron chi connectivity index (χ3n) is 15.1. The average molecular weight is 842 g/mol. The highest BCUT2D eigenvalue weighted by atomic mass is 16.6. The Morgan fingerprint density at radius 2 is 1.45 bits per heavy atom. The summed E-state index contributed by atoms with van der Waals surface area (Å²) in [6.45, 7) is 41.8. The Morgan fingerprint density at radius 3 is 2.00 bits per heavy atom. The van der Waals surface area contributed by atoms with E-state index >= 15 is 0 Å². The van der Waals surface area contributed by atoms with Crippen LogP contribution in [-0.2, 0) is 33.3 Å². The molecule has 2 spiro atoms. The van der Waals surface area contributed by atoms with Crippen molar-refractivity contribution in [3.05, 3.63) is 106 Å². The first-order valence-corrected chi connectivity index (χ1v) is 21.8. The molecule has 1 amide bonds. The summed E-state index contributed by atoms with van der Waals surface area (Å²) in [7, 11) is 1.68. The van der Waals surface area contributed by atoms with Crippen molar-refractivity contribution in [2.75, 3.05) is 20.3 Å². The highest BCUT2D eigenvalue weighted by Gasteiger charge is 2.78. The highest BCUT2D eigenvalue weighted by Crippen LogP contribution is 2.69. The largest absolute Gasteiger partial charge is 0.509 e. The van der Waals surface area contributed by atoms with Crippen molar-refractivity contribution < 1.29 is 38.1 Å². The van der Waals surface area contributed by atoms with Crippen LogP contribution in [-0.4, -0.2) is 88.4 Å². The van der Waals surface area contributed by atoms with Gasteiger partial charge in [0.25, 0.3) is 0 Å². The quantitative estimate of drug-likeness (QED) is 0.117. The van der Waals surface area contributed by atoms with Crippen LogP contribution in [0.1, 0.15) is 86.0 Å². The van der Waals surface area contributed by atoms with Gasteiger partial charge in [-0.05, 0) is 108 Å². The lowest BCUT2D eigenvalue weighted by Crippen LogP contribution is -2.54. The molecule has 4 aliphatic heterocycles. The number of carbonyl (C=O) groups excluding carboxylic acids is 3. The van der Waals surface area contributed by atoms with E-state index in [0.29, 0.717) is 35.8 Å². The summed E-state index contributed by atoms with van der Waals surface area (Å²) in [5, 5.41) is 10.3. The minimum absolute atomic E-state index is 0.0504. The van der Waals surface area contributed by atoms with Crippen molar-refractivity contribution in [1.82, 2.24) is 4.90 Å². The standard InChI is InChI=1S/C27H33N3O5.C22H22N2O3/c1-8-33-22(31)27-13-12-26(35-27)15-25(16-28,29-6)20-14-18(30(7)23(32)34-24(3,4)5)10-9-11-19(20)21(26)17(27)2;1-5-26-19(25)21-9-8-20(27-21)12-22(23-3,24-4)16-11-14-6-7-15(10-14)17(16)18(20)13(21)2/h12-14,18-19,21H,2,8-11,15H2,1,3-5,7H3;8-9,11,14-15,17-18H,2,5-7,10,12H2,1H3/t18?,19-,21-,25?,26?,27?;14-,15?,17-,18+,20-,21?/m01/s1. The average Bonchev–Trinajstić information content (AvgIpc) is 4.00. The Labute approximate surface area is 364 Å². The second-order valence-electron chi connectivity index (χ2n) is 19.5. The number of allylic oxidation sites excluding steroid dienone is 1. The Balaban J connectivity index is 0.000000176. The number of carbonyl (C=O) groups is 3. The molecule has 9 aliphatic rings. The van der Waals surface area contributed by atoms with Crippen LogP contribution < -0.4 is 0 Å². The Kier molecular flexibility index (Phi) is 10.1. The van der Waals surface area contributed by atoms with Crippen LogP contribution in [0.2, 0.25) is 0 Å². The molecule has 6 bridgehead atoms. The number of amides is 1. The zero-order valence-corrected chi connectivity index (χ0v) is 36.5. The summed E-state index contributed by atoms with van der Waals surface area (Å²) in [5.41, 5.74) is -4.76. The molecule has 13 heteroatoms. The molecule has 0 radical (unpaired) electrons. The van der Waals surface area contributed by atoms with E-state index in [-0.39, 0.29) is 55.8 Å². The summed E-state index contributed by atoms with van der Waals surface area (Å²) < 4.78 is 29.0. The fraction of sp³-hybridized carbons (Fsp3) is 0.612. The number of nitriles is 1. The summed E-state index contributed by atoms with van der Waals surface area (Å²) in [6.07, 6.45) is 16.6. The van der Waals surface area contributed by atoms with Gasteiger partial charge in [-0.15, -0.1) is 0 Å². The van der Waals surface area contributed by atoms with Crippen LogP contribution in [0.4, 0.5) is 4.79 Å². The van der Waals surface area contributed by atoms with Crippen LogP contribution in [0, 0.1) is 66.6 Å². The van der Waals surface area contributed by atoms with E-state index in [0.717, 1.165) is 36.8 Å². The molecule has 0 aromatic rings. The second-order valence-corrected chi connectivity index (χ2v) is 19.5. The molecule has 5 fully saturated rings. The number of ether oxygens (including phenoxy) is 5. The molecule has 4 heterocycles. The van der Waals surface area contributed by atoms with Crippen LogP contribution in [0.25, 0.3) is 14.5 Å². The van der Waals surface area contributed by atoms with E-state index in [4.69, 9.17) is 43.4 Å². The van der Waals surface area contributed by atoms with Gasteiger partial charge in [-0.25, -0.2) is 43.8 Å². The lowest BCUT2D eigenvalue weighted by atomic mass is 9.54. The molecule has 3 saturated carbocycles. The van der Waals surface area contributed by atoms with Gasteiger partial charge in [0.05, 0.1) is 25.7 Å². The third-order valence-corrected chi connectivity index (χ3v) is 15.1. The Bertz CT molecular complexity index is 2300. The zero-order chi connectivity index (χ0) is 44.8. The van der Waals surface area contributed by atoms with E-state index < -0.39 is 57.2 Å². The highest BCUT2D eigenvalue weighted by molar-refractivity contribution is 5.90. The summed E-state index contributed by atoms with van der Waals surface area (Å²) in [5.74, 6) is -0.555. The number of hydrogen-bond acceptors (Lipinski definition) is 9. The normalized spacial score (nSPS) is 40.5. The predicted molar refractivity (Wildman–Crippen MR) is 226 cm³/mol. The van der Waals surface area contributed by atoms with Crippen LogP contribution in [0.3, 0.4) is 0 Å². The lowest BCUT2D eigenvalue weighted by Gasteiger charge is -2.46. The molecule has 0 aromatic heterocycles. The van der Waals surface area contributed by atoms with Crippen molar-refractivity contribution in [2.45, 2.75) is 131 Å². The van der Waals surface area contributed by atoms with Crippen molar-refractivity contribution >= 4 is 18.0 Å². The number of hydrogen-bond donors (Lipinski definition) is 0. The number of fused-ring (bicyclic) bond motifs is 9. The van der Waals surface area contributed by atoms with E-state index in [2.05, 4.69) is 39.8 Å². The fourth-order valence-electron chi connectivity index (χ4n) is 12.6. The van der Waals surface area contributed by atoms with Crippen LogP contribution in [0.15, 0.2) is 71.9 Å². The minimum atomic E-state index is -1.47.